The van der Waals surface area contributed by atoms with Crippen LogP contribution in [0.5, 0.6) is 5.75 Å². The van der Waals surface area contributed by atoms with Gasteiger partial charge in [0.25, 0.3) is 0 Å². The number of benzene rings is 1. The monoisotopic (exact) mass is 226 g/mol. The summed E-state index contributed by atoms with van der Waals surface area (Å²) in [4.78, 5) is 11.1. The fraction of sp³-hybridized carbons (Fsp3) is 0.125. The van der Waals surface area contributed by atoms with Gasteiger partial charge in [-0.3, -0.25) is 0 Å². The Kier molecular flexibility index (Phi) is 2.64. The second kappa shape index (κ2) is 3.93. The van der Waals surface area contributed by atoms with Gasteiger partial charge in [0.2, 0.25) is 0 Å². The van der Waals surface area contributed by atoms with E-state index in [9.17, 15) is 4.79 Å². The number of carbonyl (C=O) groups excluding carboxylic acids is 1. The van der Waals surface area contributed by atoms with Crippen molar-refractivity contribution in [2.75, 3.05) is 6.26 Å². The zero-order valence-corrected chi connectivity index (χ0v) is 8.89. The Labute approximate surface area is 88.4 Å². The summed E-state index contributed by atoms with van der Waals surface area (Å²) in [5.41, 5.74) is 0.751. The molecule has 0 aliphatic rings. The first-order valence-corrected chi connectivity index (χ1v) is 5.78. The van der Waals surface area contributed by atoms with Crippen molar-refractivity contribution in [3.8, 4) is 5.75 Å². The summed E-state index contributed by atoms with van der Waals surface area (Å²) in [7, 11) is 0. The van der Waals surface area contributed by atoms with E-state index in [1.807, 2.05) is 6.07 Å². The van der Waals surface area contributed by atoms with Gasteiger partial charge in [-0.25, -0.2) is 4.79 Å². The first kappa shape index (κ1) is 9.42. The lowest BCUT2D eigenvalue weighted by Crippen LogP contribution is -1.99. The number of thioether (sulfide) groups is 1. The van der Waals surface area contributed by atoms with Gasteiger partial charge in [-0.2, -0.15) is 0 Å². The molecule has 0 bridgehead atoms. The highest BCUT2D eigenvalue weighted by Crippen LogP contribution is 2.27. The highest BCUT2D eigenvalue weighted by molar-refractivity contribution is 8.12. The van der Waals surface area contributed by atoms with Crippen LogP contribution in [0, 0.1) is 0 Å². The van der Waals surface area contributed by atoms with Gasteiger partial charge in [0.1, 0.15) is 10.2 Å². The van der Waals surface area contributed by atoms with Gasteiger partial charge in [0.15, 0.2) is 5.75 Å². The second-order valence-corrected chi connectivity index (χ2v) is 3.93. The van der Waals surface area contributed by atoms with E-state index in [4.69, 9.17) is 4.74 Å². The molecule has 0 N–H and O–H groups in total. The van der Waals surface area contributed by atoms with Crippen LogP contribution in [0.2, 0.25) is 0 Å². The van der Waals surface area contributed by atoms with Crippen molar-refractivity contribution in [2.24, 2.45) is 0 Å². The highest BCUT2D eigenvalue weighted by atomic mass is 32.2. The summed E-state index contributed by atoms with van der Waals surface area (Å²) in [5.74, 6) is 0.525. The van der Waals surface area contributed by atoms with Crippen LogP contribution in [0.4, 0.5) is 4.79 Å². The summed E-state index contributed by atoms with van der Waals surface area (Å²) in [6, 6.07) is 5.35. The molecule has 0 spiro atoms. The molecule has 4 nitrogen and oxygen atoms in total. The van der Waals surface area contributed by atoms with Crippen molar-refractivity contribution in [1.82, 2.24) is 9.59 Å². The molecule has 0 fully saturated rings. The molecular weight excluding hydrogens is 220 g/mol. The Morgan fingerprint density at radius 2 is 2.43 bits per heavy atom. The molecule has 14 heavy (non-hydrogen) atoms. The molecule has 72 valence electrons. The van der Waals surface area contributed by atoms with Crippen LogP contribution in [0.1, 0.15) is 0 Å². The fourth-order valence-electron chi connectivity index (χ4n) is 0.992. The largest absolute Gasteiger partial charge is 0.417 e. The average Bonchev–Trinajstić information content (AvgIpc) is 2.66. The van der Waals surface area contributed by atoms with Crippen molar-refractivity contribution in [1.29, 1.82) is 0 Å². The number of fused-ring (bicyclic) bond motifs is 1. The minimum absolute atomic E-state index is 0.328. The lowest BCUT2D eigenvalue weighted by Gasteiger charge is -2.00. The van der Waals surface area contributed by atoms with Crippen molar-refractivity contribution in [2.45, 2.75) is 0 Å². The molecule has 1 aromatic heterocycles. The van der Waals surface area contributed by atoms with Gasteiger partial charge in [-0.05, 0) is 41.7 Å². The lowest BCUT2D eigenvalue weighted by molar-refractivity contribution is 0.228. The first-order chi connectivity index (χ1) is 6.81. The SMILES string of the molecule is CSC(=O)Oc1cccc2nnsc12. The number of hydrogen-bond acceptors (Lipinski definition) is 6. The van der Waals surface area contributed by atoms with Gasteiger partial charge in [0, 0.05) is 0 Å². The van der Waals surface area contributed by atoms with Crippen LogP contribution in [-0.2, 0) is 0 Å². The molecule has 2 aromatic rings. The van der Waals surface area contributed by atoms with E-state index in [1.54, 1.807) is 18.4 Å². The summed E-state index contributed by atoms with van der Waals surface area (Å²) in [6.07, 6.45) is 1.67. The quantitative estimate of drug-likeness (QED) is 0.699. The van der Waals surface area contributed by atoms with Gasteiger partial charge in [-0.1, -0.05) is 10.6 Å². The molecule has 0 aliphatic carbocycles. The molecule has 0 atom stereocenters. The Morgan fingerprint density at radius 3 is 3.21 bits per heavy atom. The summed E-state index contributed by atoms with van der Waals surface area (Å²) in [6.45, 7) is 0. The van der Waals surface area contributed by atoms with E-state index in [0.29, 0.717) is 5.75 Å². The summed E-state index contributed by atoms with van der Waals surface area (Å²) in [5, 5.41) is 3.56. The lowest BCUT2D eigenvalue weighted by atomic mass is 10.3. The minimum Gasteiger partial charge on any atom is -0.417 e. The van der Waals surface area contributed by atoms with Crippen LogP contribution in [0.25, 0.3) is 10.2 Å². The third-order valence-electron chi connectivity index (χ3n) is 1.60. The van der Waals surface area contributed by atoms with E-state index in [2.05, 4.69) is 9.59 Å². The van der Waals surface area contributed by atoms with Crippen LogP contribution in [0.15, 0.2) is 18.2 Å². The minimum atomic E-state index is -0.328. The molecule has 0 radical (unpaired) electrons. The standard InChI is InChI=1S/C8H6N2O2S2/c1-13-8(11)12-6-4-2-3-5-7(6)14-10-9-5/h2-4H,1H3. The van der Waals surface area contributed by atoms with Crippen LogP contribution >= 0.6 is 23.3 Å². The van der Waals surface area contributed by atoms with Crippen LogP contribution < -0.4 is 4.74 Å². The maximum absolute atomic E-state index is 11.1. The number of rotatable bonds is 1. The second-order valence-electron chi connectivity index (χ2n) is 2.43. The topological polar surface area (TPSA) is 52.1 Å². The number of aromatic nitrogens is 2. The molecule has 1 heterocycles. The Hall–Kier alpha value is -1.14. The summed E-state index contributed by atoms with van der Waals surface area (Å²) < 4.78 is 9.68. The molecule has 2 rings (SSSR count). The predicted octanol–water partition coefficient (Wildman–Crippen LogP) is 2.55. The molecule has 1 aromatic carbocycles. The van der Waals surface area contributed by atoms with Crippen molar-refractivity contribution >= 4 is 38.8 Å². The van der Waals surface area contributed by atoms with Gasteiger partial charge >= 0.3 is 5.30 Å². The first-order valence-electron chi connectivity index (χ1n) is 3.78. The van der Waals surface area contributed by atoms with E-state index in [-0.39, 0.29) is 5.30 Å². The fourth-order valence-corrected chi connectivity index (χ4v) is 1.78. The average molecular weight is 226 g/mol. The number of nitrogens with zero attached hydrogens (tertiary/aromatic N) is 2. The molecule has 0 saturated carbocycles. The molecular formula is C8H6N2O2S2. The van der Waals surface area contributed by atoms with Gasteiger partial charge in [-0.15, -0.1) is 5.10 Å². The van der Waals surface area contributed by atoms with Crippen molar-refractivity contribution in [3.05, 3.63) is 18.2 Å². The Balaban J connectivity index is 2.41. The molecule has 6 heteroatoms. The van der Waals surface area contributed by atoms with Gasteiger partial charge in [0.05, 0.1) is 0 Å². The van der Waals surface area contributed by atoms with E-state index < -0.39 is 0 Å². The normalized spacial score (nSPS) is 10.4. The van der Waals surface area contributed by atoms with Crippen LogP contribution in [-0.4, -0.2) is 21.1 Å². The zero-order valence-electron chi connectivity index (χ0n) is 7.26. The zero-order chi connectivity index (χ0) is 9.97. The maximum Gasteiger partial charge on any atom is 0.372 e. The third-order valence-corrected chi connectivity index (χ3v) is 2.77. The highest BCUT2D eigenvalue weighted by Gasteiger charge is 2.08. The van der Waals surface area contributed by atoms with Crippen LogP contribution in [0.3, 0.4) is 0 Å². The third kappa shape index (κ3) is 1.71. The van der Waals surface area contributed by atoms with E-state index in [0.717, 1.165) is 22.0 Å². The predicted molar refractivity (Wildman–Crippen MR) is 57.0 cm³/mol. The Morgan fingerprint density at radius 1 is 1.57 bits per heavy atom. The van der Waals surface area contributed by atoms with Crippen molar-refractivity contribution in [3.63, 3.8) is 0 Å². The van der Waals surface area contributed by atoms with Crippen molar-refractivity contribution < 1.29 is 9.53 Å². The maximum atomic E-state index is 11.1. The molecule has 0 saturated heterocycles. The Bertz CT molecular complexity index is 469. The molecule has 0 amide bonds. The molecule has 0 unspecified atom stereocenters. The van der Waals surface area contributed by atoms with E-state index >= 15 is 0 Å². The number of ether oxygens (including phenoxy) is 1. The van der Waals surface area contributed by atoms with Gasteiger partial charge < -0.3 is 4.74 Å². The number of carbonyl (C=O) groups is 1. The molecule has 0 aliphatic heterocycles. The summed E-state index contributed by atoms with van der Waals surface area (Å²) >= 11 is 2.25. The smallest absolute Gasteiger partial charge is 0.372 e. The number of hydrogen-bond donors (Lipinski definition) is 0. The van der Waals surface area contributed by atoms with E-state index in [1.165, 1.54) is 11.5 Å².